The first-order valence-corrected chi connectivity index (χ1v) is 7.36. The number of anilines is 1. The molecule has 3 rings (SSSR count). The van der Waals surface area contributed by atoms with Gasteiger partial charge >= 0.3 is 0 Å². The second-order valence-corrected chi connectivity index (χ2v) is 5.77. The van der Waals surface area contributed by atoms with Crippen molar-refractivity contribution in [2.75, 3.05) is 5.32 Å². The molecular formula is C17H12INO. The first-order valence-electron chi connectivity index (χ1n) is 6.28. The molecule has 0 fully saturated rings. The van der Waals surface area contributed by atoms with Crippen LogP contribution in [0.1, 0.15) is 10.4 Å². The molecule has 3 aromatic carbocycles. The van der Waals surface area contributed by atoms with Crippen LogP contribution in [0.15, 0.2) is 66.7 Å². The summed E-state index contributed by atoms with van der Waals surface area (Å²) in [5.74, 6) is -0.0861. The normalized spacial score (nSPS) is 10.4. The van der Waals surface area contributed by atoms with E-state index in [-0.39, 0.29) is 5.91 Å². The van der Waals surface area contributed by atoms with Gasteiger partial charge in [-0.2, -0.15) is 0 Å². The van der Waals surface area contributed by atoms with E-state index in [1.54, 1.807) is 0 Å². The lowest BCUT2D eigenvalue weighted by Crippen LogP contribution is -2.11. The van der Waals surface area contributed by atoms with Gasteiger partial charge in [-0.15, -0.1) is 0 Å². The van der Waals surface area contributed by atoms with E-state index in [1.165, 1.54) is 0 Å². The second-order valence-electron chi connectivity index (χ2n) is 4.52. The van der Waals surface area contributed by atoms with E-state index in [1.807, 2.05) is 66.7 Å². The van der Waals surface area contributed by atoms with Crippen molar-refractivity contribution in [3.05, 3.63) is 75.9 Å². The number of rotatable bonds is 2. The zero-order valence-corrected chi connectivity index (χ0v) is 12.8. The number of halogens is 1. The van der Waals surface area contributed by atoms with Gasteiger partial charge < -0.3 is 5.32 Å². The number of nitrogens with one attached hydrogen (secondary N) is 1. The molecule has 3 aromatic rings. The molecule has 98 valence electrons. The van der Waals surface area contributed by atoms with Gasteiger partial charge in [-0.1, -0.05) is 30.3 Å². The Labute approximate surface area is 131 Å². The Morgan fingerprint density at radius 2 is 1.55 bits per heavy atom. The smallest absolute Gasteiger partial charge is 0.255 e. The molecule has 0 bridgehead atoms. The van der Waals surface area contributed by atoms with Gasteiger partial charge in [-0.25, -0.2) is 0 Å². The number of hydrogen-bond donors (Lipinski definition) is 1. The number of benzene rings is 3. The summed E-state index contributed by atoms with van der Waals surface area (Å²) < 4.78 is 1.14. The van der Waals surface area contributed by atoms with Crippen molar-refractivity contribution in [3.63, 3.8) is 0 Å². The van der Waals surface area contributed by atoms with Crippen LogP contribution in [-0.4, -0.2) is 5.91 Å². The summed E-state index contributed by atoms with van der Waals surface area (Å²) in [6, 6.07) is 21.5. The molecular weight excluding hydrogens is 361 g/mol. The van der Waals surface area contributed by atoms with Crippen LogP contribution in [0.3, 0.4) is 0 Å². The molecule has 0 aromatic heterocycles. The fourth-order valence-electron chi connectivity index (χ4n) is 2.07. The topological polar surface area (TPSA) is 29.1 Å². The predicted molar refractivity (Wildman–Crippen MR) is 91.1 cm³/mol. The average molecular weight is 373 g/mol. The van der Waals surface area contributed by atoms with Gasteiger partial charge in [0.15, 0.2) is 0 Å². The van der Waals surface area contributed by atoms with E-state index in [9.17, 15) is 4.79 Å². The van der Waals surface area contributed by atoms with E-state index in [2.05, 4.69) is 27.9 Å². The van der Waals surface area contributed by atoms with Crippen LogP contribution >= 0.6 is 22.6 Å². The minimum absolute atomic E-state index is 0.0861. The lowest BCUT2D eigenvalue weighted by Gasteiger charge is -2.06. The molecule has 0 heterocycles. The summed E-state index contributed by atoms with van der Waals surface area (Å²) in [4.78, 5) is 12.2. The van der Waals surface area contributed by atoms with E-state index in [0.29, 0.717) is 5.56 Å². The third kappa shape index (κ3) is 2.82. The SMILES string of the molecule is O=C(Nc1ccc(I)cc1)c1ccc2ccccc2c1. The third-order valence-corrected chi connectivity index (χ3v) is 3.83. The Morgan fingerprint density at radius 1 is 0.850 bits per heavy atom. The largest absolute Gasteiger partial charge is 0.322 e. The summed E-state index contributed by atoms with van der Waals surface area (Å²) in [6.07, 6.45) is 0. The van der Waals surface area contributed by atoms with E-state index < -0.39 is 0 Å². The maximum atomic E-state index is 12.2. The Bertz CT molecular complexity index is 765. The fraction of sp³-hybridized carbons (Fsp3) is 0. The van der Waals surface area contributed by atoms with Gasteiger partial charge in [0.25, 0.3) is 5.91 Å². The monoisotopic (exact) mass is 373 g/mol. The van der Waals surface area contributed by atoms with Crippen LogP contribution in [0.25, 0.3) is 10.8 Å². The summed E-state index contributed by atoms with van der Waals surface area (Å²) >= 11 is 2.24. The van der Waals surface area contributed by atoms with Gasteiger partial charge in [0.2, 0.25) is 0 Å². The van der Waals surface area contributed by atoms with Crippen LogP contribution in [0.5, 0.6) is 0 Å². The molecule has 0 aliphatic carbocycles. The minimum Gasteiger partial charge on any atom is -0.322 e. The van der Waals surface area contributed by atoms with Crippen molar-refractivity contribution in [1.29, 1.82) is 0 Å². The standard InChI is InChI=1S/C17H12INO/c18-15-7-9-16(10-8-15)19-17(20)14-6-5-12-3-1-2-4-13(12)11-14/h1-11H,(H,19,20). The molecule has 0 atom stereocenters. The molecule has 2 nitrogen and oxygen atoms in total. The van der Waals surface area contributed by atoms with Crippen LogP contribution in [-0.2, 0) is 0 Å². The first kappa shape index (κ1) is 13.1. The maximum absolute atomic E-state index is 12.2. The van der Waals surface area contributed by atoms with Gasteiger partial charge in [-0.3, -0.25) is 4.79 Å². The minimum atomic E-state index is -0.0861. The number of fused-ring (bicyclic) bond motifs is 1. The highest BCUT2D eigenvalue weighted by Gasteiger charge is 2.06. The summed E-state index contributed by atoms with van der Waals surface area (Å²) in [5.41, 5.74) is 1.48. The predicted octanol–water partition coefficient (Wildman–Crippen LogP) is 4.70. The van der Waals surface area contributed by atoms with Gasteiger partial charge in [-0.05, 0) is 69.8 Å². The molecule has 0 spiro atoms. The van der Waals surface area contributed by atoms with Crippen LogP contribution < -0.4 is 5.32 Å². The highest BCUT2D eigenvalue weighted by atomic mass is 127. The van der Waals surface area contributed by atoms with Gasteiger partial charge in [0.05, 0.1) is 0 Å². The van der Waals surface area contributed by atoms with Crippen molar-refractivity contribution >= 4 is 45.0 Å². The van der Waals surface area contributed by atoms with Crippen molar-refractivity contribution in [2.24, 2.45) is 0 Å². The molecule has 1 N–H and O–H groups in total. The first-order chi connectivity index (χ1) is 9.72. The molecule has 0 aliphatic heterocycles. The zero-order valence-electron chi connectivity index (χ0n) is 10.6. The molecule has 1 amide bonds. The molecule has 3 heteroatoms. The van der Waals surface area contributed by atoms with Crippen LogP contribution in [0.4, 0.5) is 5.69 Å². The fourth-order valence-corrected chi connectivity index (χ4v) is 2.43. The molecule has 0 aliphatic rings. The molecule has 0 saturated heterocycles. The maximum Gasteiger partial charge on any atom is 0.255 e. The average Bonchev–Trinajstić information content (AvgIpc) is 2.49. The summed E-state index contributed by atoms with van der Waals surface area (Å²) in [5, 5.41) is 5.12. The second kappa shape index (κ2) is 5.63. The van der Waals surface area contributed by atoms with Gasteiger partial charge in [0.1, 0.15) is 0 Å². The Kier molecular flexibility index (Phi) is 3.69. The Hall–Kier alpha value is -1.88. The summed E-state index contributed by atoms with van der Waals surface area (Å²) in [6.45, 7) is 0. The molecule has 0 unspecified atom stereocenters. The van der Waals surface area contributed by atoms with Crippen molar-refractivity contribution in [1.82, 2.24) is 0 Å². The number of carbonyl (C=O) groups is 1. The van der Waals surface area contributed by atoms with E-state index in [4.69, 9.17) is 0 Å². The highest BCUT2D eigenvalue weighted by Crippen LogP contribution is 2.17. The van der Waals surface area contributed by atoms with Gasteiger partial charge in [0, 0.05) is 14.8 Å². The number of carbonyl (C=O) groups excluding carboxylic acids is 1. The molecule has 0 radical (unpaired) electrons. The van der Waals surface area contributed by atoms with Crippen molar-refractivity contribution < 1.29 is 4.79 Å². The highest BCUT2D eigenvalue weighted by molar-refractivity contribution is 14.1. The number of hydrogen-bond acceptors (Lipinski definition) is 1. The molecule has 20 heavy (non-hydrogen) atoms. The van der Waals surface area contributed by atoms with Crippen LogP contribution in [0.2, 0.25) is 0 Å². The third-order valence-electron chi connectivity index (χ3n) is 3.11. The van der Waals surface area contributed by atoms with Crippen molar-refractivity contribution in [2.45, 2.75) is 0 Å². The van der Waals surface area contributed by atoms with E-state index >= 15 is 0 Å². The Balaban J connectivity index is 1.86. The molecule has 0 saturated carbocycles. The van der Waals surface area contributed by atoms with Crippen LogP contribution in [0, 0.1) is 3.57 Å². The lowest BCUT2D eigenvalue weighted by atomic mass is 10.1. The lowest BCUT2D eigenvalue weighted by molar-refractivity contribution is 0.102. The zero-order chi connectivity index (χ0) is 13.9. The number of amides is 1. The van der Waals surface area contributed by atoms with E-state index in [0.717, 1.165) is 20.0 Å². The quantitative estimate of drug-likeness (QED) is 0.649. The van der Waals surface area contributed by atoms with Crippen molar-refractivity contribution in [3.8, 4) is 0 Å². The Morgan fingerprint density at radius 3 is 2.30 bits per heavy atom. The summed E-state index contributed by atoms with van der Waals surface area (Å²) in [7, 11) is 0.